The van der Waals surface area contributed by atoms with E-state index < -0.39 is 0 Å². The maximum absolute atomic E-state index is 7.42. The van der Waals surface area contributed by atoms with Gasteiger partial charge in [-0.25, -0.2) is 0 Å². The molecular formula is C62H52B2O2. The second-order valence-electron chi connectivity index (χ2n) is 19.6. The Hall–Kier alpha value is -7.03. The van der Waals surface area contributed by atoms with Gasteiger partial charge in [-0.05, 0) is 171 Å². The van der Waals surface area contributed by atoms with Gasteiger partial charge in [0.15, 0.2) is 0 Å². The van der Waals surface area contributed by atoms with E-state index in [-0.39, 0.29) is 13.4 Å². The maximum Gasteiger partial charge on any atom is 0.252 e. The Kier molecular flexibility index (Phi) is 9.04. The van der Waals surface area contributed by atoms with E-state index in [4.69, 9.17) is 9.47 Å². The SMILES string of the molecule is Cc1cc(C)c(B2c3ccccc3Oc3c2c(-c2c(C)cccc2C)c2ccc4c5c(c(-c6c(C)cccc6C)c6ccc3c2c46)B(c2c(C)cc(C)cc2C)c2ccccc2O5)c(C)c1. The van der Waals surface area contributed by atoms with E-state index in [0.717, 1.165) is 33.8 Å². The highest BCUT2D eigenvalue weighted by Crippen LogP contribution is 2.51. The fraction of sp³-hybridized carbons (Fsp3) is 0.161. The van der Waals surface area contributed by atoms with Gasteiger partial charge in [0.2, 0.25) is 0 Å². The molecule has 0 saturated heterocycles. The van der Waals surface area contributed by atoms with Gasteiger partial charge in [0.25, 0.3) is 13.4 Å². The average molecular weight is 851 g/mol. The third-order valence-corrected chi connectivity index (χ3v) is 15.2. The molecule has 66 heavy (non-hydrogen) atoms. The summed E-state index contributed by atoms with van der Waals surface area (Å²) < 4.78 is 14.8. The van der Waals surface area contributed by atoms with Crippen LogP contribution in [-0.4, -0.2) is 13.4 Å². The Balaban J connectivity index is 1.31. The predicted octanol–water partition coefficient (Wildman–Crippen LogP) is 12.2. The molecule has 0 amide bonds. The van der Waals surface area contributed by atoms with Gasteiger partial charge in [-0.2, -0.15) is 0 Å². The molecule has 0 N–H and O–H groups in total. The molecule has 0 atom stereocenters. The number of hydrogen-bond donors (Lipinski definition) is 0. The second-order valence-corrected chi connectivity index (χ2v) is 19.6. The smallest absolute Gasteiger partial charge is 0.252 e. The molecule has 4 heteroatoms. The summed E-state index contributed by atoms with van der Waals surface area (Å²) in [5, 5.41) is 7.16. The molecule has 2 heterocycles. The van der Waals surface area contributed by atoms with E-state index in [0.29, 0.717) is 0 Å². The Morgan fingerprint density at radius 3 is 1.00 bits per heavy atom. The lowest BCUT2D eigenvalue weighted by Gasteiger charge is -2.35. The summed E-state index contributed by atoms with van der Waals surface area (Å²) >= 11 is 0. The zero-order valence-corrected chi connectivity index (χ0v) is 39.7. The van der Waals surface area contributed by atoms with Crippen LogP contribution in [0.1, 0.15) is 55.6 Å². The topological polar surface area (TPSA) is 18.5 Å². The Bertz CT molecular complexity index is 3400. The monoisotopic (exact) mass is 850 g/mol. The molecule has 0 radical (unpaired) electrons. The minimum Gasteiger partial charge on any atom is -0.458 e. The van der Waals surface area contributed by atoms with Crippen LogP contribution in [0.25, 0.3) is 54.6 Å². The molecular weight excluding hydrogens is 798 g/mol. The van der Waals surface area contributed by atoms with Crippen LogP contribution in [-0.2, 0) is 0 Å². The minimum absolute atomic E-state index is 0.0546. The van der Waals surface area contributed by atoms with Gasteiger partial charge in [-0.3, -0.25) is 0 Å². The summed E-state index contributed by atoms with van der Waals surface area (Å²) in [5.74, 6) is 3.72. The molecule has 0 spiro atoms. The molecule has 2 aliphatic heterocycles. The van der Waals surface area contributed by atoms with Crippen LogP contribution in [0.2, 0.25) is 0 Å². The van der Waals surface area contributed by atoms with Gasteiger partial charge in [0.1, 0.15) is 23.0 Å². The van der Waals surface area contributed by atoms with Gasteiger partial charge in [-0.15, -0.1) is 0 Å². The summed E-state index contributed by atoms with van der Waals surface area (Å²) in [7, 11) is 0. The van der Waals surface area contributed by atoms with E-state index in [1.54, 1.807) is 0 Å². The largest absolute Gasteiger partial charge is 0.458 e. The predicted molar refractivity (Wildman–Crippen MR) is 284 cm³/mol. The van der Waals surface area contributed by atoms with Gasteiger partial charge in [-0.1, -0.05) is 154 Å². The summed E-state index contributed by atoms with van der Waals surface area (Å²) in [5.41, 5.74) is 25.4. The first-order valence-corrected chi connectivity index (χ1v) is 23.6. The molecule has 0 aliphatic carbocycles. The van der Waals surface area contributed by atoms with Crippen LogP contribution in [0.3, 0.4) is 0 Å². The van der Waals surface area contributed by atoms with Gasteiger partial charge in [0, 0.05) is 21.5 Å². The van der Waals surface area contributed by atoms with Crippen molar-refractivity contribution in [3.8, 4) is 45.3 Å². The Morgan fingerprint density at radius 2 is 0.636 bits per heavy atom. The summed E-state index contributed by atoms with van der Waals surface area (Å²) in [6, 6.07) is 50.0. The highest BCUT2D eigenvalue weighted by molar-refractivity contribution is 6.99. The number of ether oxygens (including phenoxy) is 2. The quantitative estimate of drug-likeness (QED) is 0.130. The van der Waals surface area contributed by atoms with Crippen LogP contribution in [0.5, 0.6) is 23.0 Å². The minimum atomic E-state index is -0.0546. The number of benzene rings is 10. The van der Waals surface area contributed by atoms with Gasteiger partial charge in [0.05, 0.1) is 0 Å². The maximum atomic E-state index is 7.42. The number of para-hydroxylation sites is 2. The summed E-state index contributed by atoms with van der Waals surface area (Å²) in [6.45, 7) is 22.6. The lowest BCUT2D eigenvalue weighted by molar-refractivity contribution is 0.493. The second kappa shape index (κ2) is 14.7. The Morgan fingerprint density at radius 1 is 0.303 bits per heavy atom. The van der Waals surface area contributed by atoms with Crippen molar-refractivity contribution in [3.05, 3.63) is 189 Å². The van der Waals surface area contributed by atoms with E-state index in [2.05, 4.69) is 203 Å². The number of rotatable bonds is 4. The van der Waals surface area contributed by atoms with Crippen molar-refractivity contribution in [2.75, 3.05) is 0 Å². The summed E-state index contributed by atoms with van der Waals surface area (Å²) in [4.78, 5) is 0. The molecule has 10 aromatic rings. The molecule has 0 unspecified atom stereocenters. The van der Waals surface area contributed by atoms with Crippen LogP contribution >= 0.6 is 0 Å². The highest BCUT2D eigenvalue weighted by atomic mass is 16.5. The zero-order valence-electron chi connectivity index (χ0n) is 39.7. The zero-order chi connectivity index (χ0) is 45.4. The fourth-order valence-electron chi connectivity index (χ4n) is 12.9. The third-order valence-electron chi connectivity index (χ3n) is 15.2. The lowest BCUT2D eigenvalue weighted by Crippen LogP contribution is -2.57. The molecule has 0 aromatic heterocycles. The lowest BCUT2D eigenvalue weighted by atomic mass is 9.33. The molecule has 318 valence electrons. The normalized spacial score (nSPS) is 12.9. The van der Waals surface area contributed by atoms with E-state index in [1.807, 2.05) is 0 Å². The van der Waals surface area contributed by atoms with E-state index >= 15 is 0 Å². The van der Waals surface area contributed by atoms with Crippen molar-refractivity contribution in [3.63, 3.8) is 0 Å². The van der Waals surface area contributed by atoms with Crippen molar-refractivity contribution in [1.29, 1.82) is 0 Å². The van der Waals surface area contributed by atoms with Gasteiger partial charge < -0.3 is 9.47 Å². The molecule has 0 saturated carbocycles. The van der Waals surface area contributed by atoms with Crippen LogP contribution < -0.4 is 42.3 Å². The molecule has 0 bridgehead atoms. The van der Waals surface area contributed by atoms with Crippen molar-refractivity contribution >= 4 is 78.5 Å². The van der Waals surface area contributed by atoms with Crippen LogP contribution in [0.15, 0.2) is 133 Å². The molecule has 0 fully saturated rings. The summed E-state index contributed by atoms with van der Waals surface area (Å²) in [6.07, 6.45) is 0. The number of fused-ring (bicyclic) bond motifs is 6. The molecule has 10 aromatic carbocycles. The van der Waals surface area contributed by atoms with Crippen molar-refractivity contribution in [1.82, 2.24) is 0 Å². The van der Waals surface area contributed by atoms with Crippen molar-refractivity contribution in [2.45, 2.75) is 69.2 Å². The number of hydrogen-bond acceptors (Lipinski definition) is 2. The first-order chi connectivity index (χ1) is 31.9. The fourth-order valence-corrected chi connectivity index (χ4v) is 12.9. The van der Waals surface area contributed by atoms with E-state index in [1.165, 1.54) is 132 Å². The third kappa shape index (κ3) is 5.70. The van der Waals surface area contributed by atoms with Crippen molar-refractivity contribution < 1.29 is 9.47 Å². The number of aryl methyl sites for hydroxylation is 10. The average Bonchev–Trinajstić information content (AvgIpc) is 3.28. The van der Waals surface area contributed by atoms with Gasteiger partial charge >= 0.3 is 0 Å². The molecule has 2 aliphatic rings. The molecule has 12 rings (SSSR count). The first-order valence-electron chi connectivity index (χ1n) is 23.6. The molecule has 2 nitrogen and oxygen atoms in total. The standard InChI is InChI=1S/C62H52B2O2/c1-33-29-39(7)57(40(8)30-33)63-47-21-11-13-23-49(47)65-61-45-27-26-44-54-46(28-25-43(53(45)54)55(59(61)63)51-35(3)17-15-18-36(51)4)62-60(56(44)52-37(5)19-16-20-38(52)6)64(48-22-12-14-24-50(48)66-62)58-41(9)31-34(2)32-42(58)10/h11-32H,1-10H3. The van der Waals surface area contributed by atoms with Crippen molar-refractivity contribution in [2.24, 2.45) is 0 Å². The van der Waals surface area contributed by atoms with Crippen LogP contribution in [0, 0.1) is 69.2 Å². The first kappa shape index (κ1) is 40.5. The Labute approximate surface area is 389 Å². The highest BCUT2D eigenvalue weighted by Gasteiger charge is 2.42. The van der Waals surface area contributed by atoms with E-state index in [9.17, 15) is 0 Å². The van der Waals surface area contributed by atoms with Crippen LogP contribution in [0.4, 0.5) is 0 Å².